The molecule has 0 aromatic carbocycles. The summed E-state index contributed by atoms with van der Waals surface area (Å²) in [6.45, 7) is 4.19. The van der Waals surface area contributed by atoms with Gasteiger partial charge >= 0.3 is 5.69 Å². The van der Waals surface area contributed by atoms with Crippen molar-refractivity contribution >= 4 is 5.69 Å². The lowest BCUT2D eigenvalue weighted by molar-refractivity contribution is 0.616. The van der Waals surface area contributed by atoms with E-state index in [4.69, 9.17) is 5.73 Å². The first kappa shape index (κ1) is 9.57. The zero-order chi connectivity index (χ0) is 10.0. The Morgan fingerprint density at radius 3 is 2.62 bits per heavy atom. The van der Waals surface area contributed by atoms with Crippen molar-refractivity contribution in [3.8, 4) is 0 Å². The Labute approximate surface area is 75.2 Å². The van der Waals surface area contributed by atoms with Crippen molar-refractivity contribution in [2.45, 2.75) is 26.8 Å². The van der Waals surface area contributed by atoms with Gasteiger partial charge in [0.2, 0.25) is 0 Å². The van der Waals surface area contributed by atoms with E-state index in [9.17, 15) is 9.59 Å². The summed E-state index contributed by atoms with van der Waals surface area (Å²) in [6.07, 6.45) is 0.826. The van der Waals surface area contributed by atoms with Crippen LogP contribution in [0.25, 0.3) is 0 Å². The van der Waals surface area contributed by atoms with Crippen molar-refractivity contribution in [3.63, 3.8) is 0 Å². The first-order chi connectivity index (χ1) is 6.07. The SMILES string of the molecule is CCCn1c(C)c(N)c(=O)[nH]c1=O. The van der Waals surface area contributed by atoms with Crippen molar-refractivity contribution in [3.05, 3.63) is 26.5 Å². The maximum absolute atomic E-state index is 11.3. The molecule has 0 radical (unpaired) electrons. The molecule has 0 bridgehead atoms. The number of nitrogens with zero attached hydrogens (tertiary/aromatic N) is 1. The molecule has 1 heterocycles. The Morgan fingerprint density at radius 2 is 2.08 bits per heavy atom. The monoisotopic (exact) mass is 183 g/mol. The minimum absolute atomic E-state index is 0.119. The highest BCUT2D eigenvalue weighted by Gasteiger charge is 2.06. The average Bonchev–Trinajstić information content (AvgIpc) is 2.09. The molecule has 13 heavy (non-hydrogen) atoms. The minimum Gasteiger partial charge on any atom is -0.393 e. The Hall–Kier alpha value is -1.52. The molecule has 0 fully saturated rings. The molecule has 1 rings (SSSR count). The molecule has 0 aliphatic rings. The van der Waals surface area contributed by atoms with Crippen molar-refractivity contribution in [2.75, 3.05) is 5.73 Å². The Balaban J connectivity index is 3.44. The quantitative estimate of drug-likeness (QED) is 0.668. The maximum Gasteiger partial charge on any atom is 0.328 e. The fraction of sp³-hybridized carbons (Fsp3) is 0.500. The molecule has 0 saturated heterocycles. The van der Waals surface area contributed by atoms with Gasteiger partial charge in [0.15, 0.2) is 0 Å². The topological polar surface area (TPSA) is 80.9 Å². The highest BCUT2D eigenvalue weighted by Crippen LogP contribution is 2.00. The largest absolute Gasteiger partial charge is 0.393 e. The van der Waals surface area contributed by atoms with Crippen LogP contribution in [0, 0.1) is 6.92 Å². The second kappa shape index (κ2) is 3.47. The molecular weight excluding hydrogens is 170 g/mol. The third-order valence-corrected chi connectivity index (χ3v) is 1.95. The molecule has 3 N–H and O–H groups in total. The number of hydrogen-bond donors (Lipinski definition) is 2. The van der Waals surface area contributed by atoms with E-state index in [1.54, 1.807) is 6.92 Å². The van der Waals surface area contributed by atoms with E-state index in [0.29, 0.717) is 12.2 Å². The van der Waals surface area contributed by atoms with Gasteiger partial charge in [0, 0.05) is 12.2 Å². The fourth-order valence-corrected chi connectivity index (χ4v) is 1.19. The van der Waals surface area contributed by atoms with Gasteiger partial charge in [-0.15, -0.1) is 0 Å². The average molecular weight is 183 g/mol. The van der Waals surface area contributed by atoms with Crippen LogP contribution in [0.3, 0.4) is 0 Å². The molecule has 0 aliphatic heterocycles. The second-order valence-electron chi connectivity index (χ2n) is 2.91. The third kappa shape index (κ3) is 1.63. The van der Waals surface area contributed by atoms with Gasteiger partial charge in [-0.25, -0.2) is 4.79 Å². The molecule has 0 aliphatic carbocycles. The smallest absolute Gasteiger partial charge is 0.328 e. The predicted molar refractivity (Wildman–Crippen MR) is 50.8 cm³/mol. The van der Waals surface area contributed by atoms with Gasteiger partial charge < -0.3 is 5.73 Å². The number of nitrogens with two attached hydrogens (primary N) is 1. The summed E-state index contributed by atoms with van der Waals surface area (Å²) in [6, 6.07) is 0. The number of aromatic nitrogens is 2. The van der Waals surface area contributed by atoms with Crippen LogP contribution in [0.5, 0.6) is 0 Å². The summed E-state index contributed by atoms with van der Waals surface area (Å²) in [4.78, 5) is 24.4. The molecule has 0 spiro atoms. The lowest BCUT2D eigenvalue weighted by Gasteiger charge is -2.08. The summed E-state index contributed by atoms with van der Waals surface area (Å²) in [7, 11) is 0. The summed E-state index contributed by atoms with van der Waals surface area (Å²) < 4.78 is 1.47. The van der Waals surface area contributed by atoms with Gasteiger partial charge in [-0.3, -0.25) is 14.3 Å². The molecule has 1 aromatic rings. The molecule has 5 heteroatoms. The van der Waals surface area contributed by atoms with Crippen LogP contribution in [0.1, 0.15) is 19.0 Å². The van der Waals surface area contributed by atoms with E-state index < -0.39 is 11.2 Å². The first-order valence-corrected chi connectivity index (χ1v) is 4.17. The van der Waals surface area contributed by atoms with E-state index in [2.05, 4.69) is 4.98 Å². The van der Waals surface area contributed by atoms with Gasteiger partial charge in [-0.05, 0) is 13.3 Å². The van der Waals surface area contributed by atoms with Crippen LogP contribution in [0.4, 0.5) is 5.69 Å². The lowest BCUT2D eigenvalue weighted by atomic mass is 10.3. The van der Waals surface area contributed by atoms with Crippen molar-refractivity contribution < 1.29 is 0 Å². The first-order valence-electron chi connectivity index (χ1n) is 4.17. The third-order valence-electron chi connectivity index (χ3n) is 1.95. The minimum atomic E-state index is -0.505. The fourth-order valence-electron chi connectivity index (χ4n) is 1.19. The molecule has 72 valence electrons. The van der Waals surface area contributed by atoms with Crippen molar-refractivity contribution in [1.82, 2.24) is 9.55 Å². The van der Waals surface area contributed by atoms with Crippen molar-refractivity contribution in [1.29, 1.82) is 0 Å². The standard InChI is InChI=1S/C8H13N3O2/c1-3-4-11-5(2)6(9)7(12)10-8(11)13/h3-4,9H2,1-2H3,(H,10,12,13). The molecule has 0 amide bonds. The summed E-state index contributed by atoms with van der Waals surface area (Å²) in [5.74, 6) is 0. The van der Waals surface area contributed by atoms with Gasteiger partial charge in [0.25, 0.3) is 5.56 Å². The zero-order valence-corrected chi connectivity index (χ0v) is 7.76. The Bertz CT molecular complexity index is 416. The maximum atomic E-state index is 11.3. The Kier molecular flexibility index (Phi) is 2.55. The van der Waals surface area contributed by atoms with Crippen LogP contribution < -0.4 is 17.0 Å². The molecule has 0 atom stereocenters. The summed E-state index contributed by atoms with van der Waals surface area (Å²) in [5, 5.41) is 0. The predicted octanol–water partition coefficient (Wildman–Crippen LogP) is -0.163. The van der Waals surface area contributed by atoms with E-state index in [1.165, 1.54) is 4.57 Å². The highest BCUT2D eigenvalue weighted by molar-refractivity contribution is 5.39. The summed E-state index contributed by atoms with van der Waals surface area (Å²) >= 11 is 0. The van der Waals surface area contributed by atoms with E-state index in [-0.39, 0.29) is 5.69 Å². The van der Waals surface area contributed by atoms with Gasteiger partial charge in [0.1, 0.15) is 5.69 Å². The van der Waals surface area contributed by atoms with Gasteiger partial charge in [-0.2, -0.15) is 0 Å². The normalized spacial score (nSPS) is 10.3. The second-order valence-corrected chi connectivity index (χ2v) is 2.91. The number of rotatable bonds is 2. The molecule has 0 unspecified atom stereocenters. The number of nitrogens with one attached hydrogen (secondary N) is 1. The van der Waals surface area contributed by atoms with Crippen LogP contribution in [-0.4, -0.2) is 9.55 Å². The van der Waals surface area contributed by atoms with Crippen LogP contribution >= 0.6 is 0 Å². The van der Waals surface area contributed by atoms with Crippen LogP contribution in [-0.2, 0) is 6.54 Å². The molecular formula is C8H13N3O2. The number of nitrogen functional groups attached to an aromatic ring is 1. The lowest BCUT2D eigenvalue weighted by Crippen LogP contribution is -2.33. The summed E-state index contributed by atoms with van der Waals surface area (Å²) in [5.41, 5.74) is 5.24. The van der Waals surface area contributed by atoms with E-state index >= 15 is 0 Å². The van der Waals surface area contributed by atoms with E-state index in [1.807, 2.05) is 6.92 Å². The van der Waals surface area contributed by atoms with Crippen LogP contribution in [0.2, 0.25) is 0 Å². The molecule has 5 nitrogen and oxygen atoms in total. The van der Waals surface area contributed by atoms with Gasteiger partial charge in [-0.1, -0.05) is 6.92 Å². The number of hydrogen-bond acceptors (Lipinski definition) is 3. The van der Waals surface area contributed by atoms with Crippen molar-refractivity contribution in [2.24, 2.45) is 0 Å². The molecule has 0 saturated carbocycles. The number of anilines is 1. The van der Waals surface area contributed by atoms with Crippen LogP contribution in [0.15, 0.2) is 9.59 Å². The number of H-pyrrole nitrogens is 1. The van der Waals surface area contributed by atoms with Gasteiger partial charge in [0.05, 0.1) is 0 Å². The number of aromatic amines is 1. The Morgan fingerprint density at radius 1 is 1.46 bits per heavy atom. The van der Waals surface area contributed by atoms with E-state index in [0.717, 1.165) is 6.42 Å². The highest BCUT2D eigenvalue weighted by atomic mass is 16.2. The molecule has 1 aromatic heterocycles. The zero-order valence-electron chi connectivity index (χ0n) is 7.76.